The summed E-state index contributed by atoms with van der Waals surface area (Å²) in [7, 11) is 4.08. The van der Waals surface area contributed by atoms with Crippen LogP contribution < -0.4 is 9.64 Å². The van der Waals surface area contributed by atoms with Gasteiger partial charge in [-0.2, -0.15) is 0 Å². The van der Waals surface area contributed by atoms with Gasteiger partial charge in [-0.3, -0.25) is 9.69 Å². The van der Waals surface area contributed by atoms with E-state index in [2.05, 4.69) is 24.0 Å². The largest absolute Gasteiger partial charge is 0.457 e. The molecule has 4 rings (SSSR count). The number of benzene rings is 3. The Labute approximate surface area is 192 Å². The number of carbonyl (C=O) groups is 1. The molecule has 0 saturated carbocycles. The molecule has 1 aromatic heterocycles. The highest BCUT2D eigenvalue weighted by Gasteiger charge is 2.22. The van der Waals surface area contributed by atoms with Crippen LogP contribution in [0.5, 0.6) is 11.5 Å². The number of fused-ring (bicyclic) bond motifs is 1. The summed E-state index contributed by atoms with van der Waals surface area (Å²) in [6, 6.07) is 23.1. The fourth-order valence-electron chi connectivity index (χ4n) is 3.49. The van der Waals surface area contributed by atoms with E-state index in [1.54, 1.807) is 22.3 Å². The fourth-order valence-corrected chi connectivity index (χ4v) is 4.56. The predicted molar refractivity (Wildman–Crippen MR) is 132 cm³/mol. The SMILES string of the molecule is Cc1cccc2sc(N(CCCN(C)C)C(=O)c3cccc(Oc4ccccc4)c3)nc12. The zero-order valence-electron chi connectivity index (χ0n) is 18.6. The number of thiazole rings is 1. The summed E-state index contributed by atoms with van der Waals surface area (Å²) in [4.78, 5) is 22.4. The molecule has 0 aliphatic heterocycles. The van der Waals surface area contributed by atoms with E-state index in [1.165, 1.54) is 0 Å². The van der Waals surface area contributed by atoms with Gasteiger partial charge >= 0.3 is 0 Å². The Bertz CT molecular complexity index is 1200. The lowest BCUT2D eigenvalue weighted by molar-refractivity contribution is 0.0985. The van der Waals surface area contributed by atoms with E-state index < -0.39 is 0 Å². The lowest BCUT2D eigenvalue weighted by Gasteiger charge is -2.21. The zero-order chi connectivity index (χ0) is 22.5. The van der Waals surface area contributed by atoms with Crippen molar-refractivity contribution in [3.63, 3.8) is 0 Å². The number of nitrogens with zero attached hydrogens (tertiary/aromatic N) is 3. The number of para-hydroxylation sites is 2. The van der Waals surface area contributed by atoms with E-state index in [4.69, 9.17) is 9.72 Å². The molecule has 1 heterocycles. The molecule has 0 spiro atoms. The first-order valence-electron chi connectivity index (χ1n) is 10.7. The number of aryl methyl sites for hydroxylation is 1. The summed E-state index contributed by atoms with van der Waals surface area (Å²) >= 11 is 1.56. The highest BCUT2D eigenvalue weighted by molar-refractivity contribution is 7.22. The minimum atomic E-state index is -0.0704. The third-order valence-corrected chi connectivity index (χ3v) is 6.18. The predicted octanol–water partition coefficient (Wildman–Crippen LogP) is 6.00. The quantitative estimate of drug-likeness (QED) is 0.334. The molecule has 0 atom stereocenters. The molecule has 0 radical (unpaired) electrons. The Morgan fingerprint density at radius 1 is 0.938 bits per heavy atom. The molecule has 4 aromatic rings. The molecule has 164 valence electrons. The van der Waals surface area contributed by atoms with Gasteiger partial charge in [0.05, 0.1) is 10.2 Å². The second kappa shape index (κ2) is 9.94. The van der Waals surface area contributed by atoms with Crippen LogP contribution in [0, 0.1) is 6.92 Å². The van der Waals surface area contributed by atoms with Crippen LogP contribution in [0.15, 0.2) is 72.8 Å². The molecule has 1 amide bonds. The molecule has 0 bridgehead atoms. The molecule has 3 aromatic carbocycles. The van der Waals surface area contributed by atoms with Gasteiger partial charge in [-0.05, 0) is 75.9 Å². The Hall–Kier alpha value is -3.22. The van der Waals surface area contributed by atoms with Crippen LogP contribution in [-0.4, -0.2) is 43.0 Å². The summed E-state index contributed by atoms with van der Waals surface area (Å²) in [6.45, 7) is 3.54. The Kier molecular flexibility index (Phi) is 6.83. The first-order chi connectivity index (χ1) is 15.5. The lowest BCUT2D eigenvalue weighted by atomic mass is 10.2. The normalized spacial score (nSPS) is 11.1. The average molecular weight is 446 g/mol. The Morgan fingerprint density at radius 3 is 2.44 bits per heavy atom. The van der Waals surface area contributed by atoms with Gasteiger partial charge in [0.1, 0.15) is 11.5 Å². The van der Waals surface area contributed by atoms with Gasteiger partial charge in [-0.25, -0.2) is 4.98 Å². The van der Waals surface area contributed by atoms with Crippen LogP contribution >= 0.6 is 11.3 Å². The van der Waals surface area contributed by atoms with Crippen LogP contribution in [0.25, 0.3) is 10.2 Å². The summed E-state index contributed by atoms with van der Waals surface area (Å²) in [5.74, 6) is 1.30. The summed E-state index contributed by atoms with van der Waals surface area (Å²) in [6.07, 6.45) is 0.855. The summed E-state index contributed by atoms with van der Waals surface area (Å²) in [5.41, 5.74) is 2.65. The molecule has 32 heavy (non-hydrogen) atoms. The molecule has 0 fully saturated rings. The number of ether oxygens (including phenoxy) is 1. The number of carbonyl (C=O) groups excluding carboxylic acids is 1. The topological polar surface area (TPSA) is 45.7 Å². The maximum absolute atomic E-state index is 13.6. The molecule has 0 saturated heterocycles. The van der Waals surface area contributed by atoms with Crippen molar-refractivity contribution in [3.05, 3.63) is 83.9 Å². The van der Waals surface area contributed by atoms with Gasteiger partial charge in [0.2, 0.25) is 0 Å². The third kappa shape index (κ3) is 5.15. The van der Waals surface area contributed by atoms with Crippen molar-refractivity contribution >= 4 is 32.6 Å². The van der Waals surface area contributed by atoms with Crippen LogP contribution in [0.4, 0.5) is 5.13 Å². The molecule has 0 aliphatic rings. The van der Waals surface area contributed by atoms with Gasteiger partial charge in [0, 0.05) is 12.1 Å². The number of rotatable bonds is 8. The van der Waals surface area contributed by atoms with Crippen molar-refractivity contribution in [2.24, 2.45) is 0 Å². The van der Waals surface area contributed by atoms with Gasteiger partial charge in [-0.15, -0.1) is 0 Å². The average Bonchev–Trinajstić information content (AvgIpc) is 3.22. The van der Waals surface area contributed by atoms with E-state index in [0.29, 0.717) is 17.9 Å². The standard InChI is InChI=1S/C26H27N3O2S/c1-19-10-7-15-23-24(19)27-26(32-23)29(17-9-16-28(2)3)25(30)20-11-8-14-22(18-20)31-21-12-5-4-6-13-21/h4-8,10-15,18H,9,16-17H2,1-3H3. The molecule has 0 unspecified atom stereocenters. The molecule has 5 nitrogen and oxygen atoms in total. The molecule has 6 heteroatoms. The van der Waals surface area contributed by atoms with E-state index in [1.807, 2.05) is 68.7 Å². The van der Waals surface area contributed by atoms with Crippen molar-refractivity contribution in [2.75, 3.05) is 32.1 Å². The van der Waals surface area contributed by atoms with Gasteiger partial charge < -0.3 is 9.64 Å². The van der Waals surface area contributed by atoms with Gasteiger partial charge in [0.25, 0.3) is 5.91 Å². The monoisotopic (exact) mass is 445 g/mol. The third-order valence-electron chi connectivity index (χ3n) is 5.13. The first-order valence-corrected chi connectivity index (χ1v) is 11.5. The lowest BCUT2D eigenvalue weighted by Crippen LogP contribution is -2.33. The van der Waals surface area contributed by atoms with Crippen molar-refractivity contribution in [2.45, 2.75) is 13.3 Å². The first kappa shape index (κ1) is 22.0. The van der Waals surface area contributed by atoms with Crippen molar-refractivity contribution in [3.8, 4) is 11.5 Å². The van der Waals surface area contributed by atoms with E-state index >= 15 is 0 Å². The minimum Gasteiger partial charge on any atom is -0.457 e. The van der Waals surface area contributed by atoms with Gasteiger partial charge in [0.15, 0.2) is 5.13 Å². The van der Waals surface area contributed by atoms with E-state index in [-0.39, 0.29) is 5.91 Å². The van der Waals surface area contributed by atoms with E-state index in [9.17, 15) is 4.79 Å². The second-order valence-electron chi connectivity index (χ2n) is 7.97. The second-order valence-corrected chi connectivity index (χ2v) is 8.98. The van der Waals surface area contributed by atoms with E-state index in [0.717, 1.165) is 39.6 Å². The van der Waals surface area contributed by atoms with Crippen LogP contribution in [0.2, 0.25) is 0 Å². The van der Waals surface area contributed by atoms with Crippen LogP contribution in [0.1, 0.15) is 22.3 Å². The fraction of sp³-hybridized carbons (Fsp3) is 0.231. The Balaban J connectivity index is 1.63. The Morgan fingerprint density at radius 2 is 1.69 bits per heavy atom. The van der Waals surface area contributed by atoms with Crippen LogP contribution in [0.3, 0.4) is 0 Å². The molecular formula is C26H27N3O2S. The smallest absolute Gasteiger partial charge is 0.260 e. The van der Waals surface area contributed by atoms with Crippen LogP contribution in [-0.2, 0) is 0 Å². The molecule has 0 aliphatic carbocycles. The molecular weight excluding hydrogens is 418 g/mol. The maximum Gasteiger partial charge on any atom is 0.260 e. The number of anilines is 1. The minimum absolute atomic E-state index is 0.0704. The highest BCUT2D eigenvalue weighted by Crippen LogP contribution is 2.32. The van der Waals surface area contributed by atoms with Crippen molar-refractivity contribution < 1.29 is 9.53 Å². The molecule has 0 N–H and O–H groups in total. The van der Waals surface area contributed by atoms with Gasteiger partial charge in [-0.1, -0.05) is 47.7 Å². The number of hydrogen-bond donors (Lipinski definition) is 0. The zero-order valence-corrected chi connectivity index (χ0v) is 19.4. The summed E-state index contributed by atoms with van der Waals surface area (Å²) in [5, 5.41) is 0.729. The number of hydrogen-bond acceptors (Lipinski definition) is 5. The summed E-state index contributed by atoms with van der Waals surface area (Å²) < 4.78 is 7.03. The highest BCUT2D eigenvalue weighted by atomic mass is 32.1. The van der Waals surface area contributed by atoms with Crippen molar-refractivity contribution in [1.29, 1.82) is 0 Å². The van der Waals surface area contributed by atoms with Crippen molar-refractivity contribution in [1.82, 2.24) is 9.88 Å². The maximum atomic E-state index is 13.6. The number of aromatic nitrogens is 1. The number of amides is 1.